The topological polar surface area (TPSA) is 46.5 Å². The fourth-order valence-corrected chi connectivity index (χ4v) is 0.934. The zero-order valence-electron chi connectivity index (χ0n) is 7.25. The van der Waals surface area contributed by atoms with Gasteiger partial charge in [0.15, 0.2) is 0 Å². The van der Waals surface area contributed by atoms with Gasteiger partial charge in [0, 0.05) is 5.57 Å². The molecular formula is C9H14O3. The third-order valence-electron chi connectivity index (χ3n) is 2.11. The van der Waals surface area contributed by atoms with Crippen molar-refractivity contribution in [3.05, 3.63) is 11.6 Å². The lowest BCUT2D eigenvalue weighted by Gasteiger charge is -2.24. The molecule has 0 heterocycles. The van der Waals surface area contributed by atoms with Crippen molar-refractivity contribution in [2.45, 2.75) is 32.3 Å². The van der Waals surface area contributed by atoms with Crippen LogP contribution in [0.25, 0.3) is 0 Å². The fourth-order valence-electron chi connectivity index (χ4n) is 0.934. The average Bonchev–Trinajstić information content (AvgIpc) is 1.93. The second-order valence-corrected chi connectivity index (χ2v) is 3.08. The predicted octanol–water partition coefficient (Wildman–Crippen LogP) is 1.59. The SMILES string of the molecule is CC(=CCOC1CCC1)C(=O)O. The molecule has 1 aliphatic rings. The molecule has 0 saturated heterocycles. The van der Waals surface area contributed by atoms with Crippen molar-refractivity contribution >= 4 is 5.97 Å². The van der Waals surface area contributed by atoms with E-state index in [4.69, 9.17) is 9.84 Å². The Hall–Kier alpha value is -0.830. The van der Waals surface area contributed by atoms with Gasteiger partial charge in [-0.3, -0.25) is 0 Å². The molecule has 0 bridgehead atoms. The van der Waals surface area contributed by atoms with Crippen molar-refractivity contribution in [2.75, 3.05) is 6.61 Å². The van der Waals surface area contributed by atoms with Crippen LogP contribution in [0.4, 0.5) is 0 Å². The third kappa shape index (κ3) is 2.66. The molecular weight excluding hydrogens is 156 g/mol. The van der Waals surface area contributed by atoms with E-state index in [0.717, 1.165) is 12.8 Å². The van der Waals surface area contributed by atoms with Gasteiger partial charge >= 0.3 is 5.97 Å². The zero-order valence-corrected chi connectivity index (χ0v) is 7.25. The first-order valence-corrected chi connectivity index (χ1v) is 4.22. The van der Waals surface area contributed by atoms with Crippen LogP contribution in [-0.4, -0.2) is 23.8 Å². The molecule has 3 nitrogen and oxygen atoms in total. The quantitative estimate of drug-likeness (QED) is 0.651. The predicted molar refractivity (Wildman–Crippen MR) is 45.0 cm³/mol. The maximum atomic E-state index is 10.3. The maximum absolute atomic E-state index is 10.3. The number of aliphatic carboxylic acids is 1. The van der Waals surface area contributed by atoms with E-state index in [1.165, 1.54) is 6.42 Å². The lowest BCUT2D eigenvalue weighted by Crippen LogP contribution is -2.21. The molecule has 1 saturated carbocycles. The van der Waals surface area contributed by atoms with Gasteiger partial charge in [-0.2, -0.15) is 0 Å². The smallest absolute Gasteiger partial charge is 0.331 e. The molecule has 1 N–H and O–H groups in total. The van der Waals surface area contributed by atoms with Crippen LogP contribution in [0.3, 0.4) is 0 Å². The lowest BCUT2D eigenvalue weighted by molar-refractivity contribution is -0.132. The van der Waals surface area contributed by atoms with Crippen LogP contribution in [-0.2, 0) is 9.53 Å². The van der Waals surface area contributed by atoms with Crippen molar-refractivity contribution in [3.63, 3.8) is 0 Å². The van der Waals surface area contributed by atoms with Crippen LogP contribution in [0.1, 0.15) is 26.2 Å². The minimum absolute atomic E-state index is 0.356. The summed E-state index contributed by atoms with van der Waals surface area (Å²) in [7, 11) is 0. The van der Waals surface area contributed by atoms with Gasteiger partial charge in [-0.25, -0.2) is 4.79 Å². The number of rotatable bonds is 4. The minimum atomic E-state index is -0.868. The summed E-state index contributed by atoms with van der Waals surface area (Å²) in [6, 6.07) is 0. The minimum Gasteiger partial charge on any atom is -0.478 e. The zero-order chi connectivity index (χ0) is 8.97. The lowest BCUT2D eigenvalue weighted by atomic mass is 9.96. The van der Waals surface area contributed by atoms with Gasteiger partial charge in [-0.15, -0.1) is 0 Å². The number of carbonyl (C=O) groups is 1. The first-order valence-electron chi connectivity index (χ1n) is 4.22. The summed E-state index contributed by atoms with van der Waals surface area (Å²) in [5, 5.41) is 8.49. The van der Waals surface area contributed by atoms with E-state index in [0.29, 0.717) is 18.3 Å². The molecule has 0 unspecified atom stereocenters. The van der Waals surface area contributed by atoms with Crippen LogP contribution in [0.2, 0.25) is 0 Å². The Morgan fingerprint density at radius 3 is 2.75 bits per heavy atom. The molecule has 1 aliphatic carbocycles. The van der Waals surface area contributed by atoms with E-state index in [-0.39, 0.29) is 0 Å². The van der Waals surface area contributed by atoms with Gasteiger partial charge in [0.2, 0.25) is 0 Å². The van der Waals surface area contributed by atoms with E-state index in [9.17, 15) is 4.79 Å². The summed E-state index contributed by atoms with van der Waals surface area (Å²) in [5.74, 6) is -0.868. The maximum Gasteiger partial charge on any atom is 0.331 e. The fraction of sp³-hybridized carbons (Fsp3) is 0.667. The molecule has 12 heavy (non-hydrogen) atoms. The highest BCUT2D eigenvalue weighted by molar-refractivity contribution is 5.85. The van der Waals surface area contributed by atoms with Gasteiger partial charge in [-0.1, -0.05) is 0 Å². The largest absolute Gasteiger partial charge is 0.478 e. The molecule has 1 rings (SSSR count). The number of hydrogen-bond donors (Lipinski definition) is 1. The molecule has 0 atom stereocenters. The first-order chi connectivity index (χ1) is 5.70. The molecule has 0 aromatic carbocycles. The normalized spacial score (nSPS) is 18.9. The number of carboxylic acid groups (broad SMARTS) is 1. The van der Waals surface area contributed by atoms with Crippen molar-refractivity contribution in [3.8, 4) is 0 Å². The molecule has 0 aromatic heterocycles. The highest BCUT2D eigenvalue weighted by atomic mass is 16.5. The summed E-state index contributed by atoms with van der Waals surface area (Å²) >= 11 is 0. The van der Waals surface area contributed by atoms with Crippen LogP contribution >= 0.6 is 0 Å². The first kappa shape index (κ1) is 9.26. The summed E-state index contributed by atoms with van der Waals surface area (Å²) in [4.78, 5) is 10.3. The molecule has 1 fully saturated rings. The Morgan fingerprint density at radius 1 is 1.67 bits per heavy atom. The van der Waals surface area contributed by atoms with Gasteiger partial charge in [0.05, 0.1) is 12.7 Å². The van der Waals surface area contributed by atoms with E-state index in [1.54, 1.807) is 13.0 Å². The van der Waals surface area contributed by atoms with E-state index >= 15 is 0 Å². The number of hydrogen-bond acceptors (Lipinski definition) is 2. The van der Waals surface area contributed by atoms with Crippen LogP contribution in [0.15, 0.2) is 11.6 Å². The van der Waals surface area contributed by atoms with Crippen LogP contribution in [0.5, 0.6) is 0 Å². The molecule has 0 amide bonds. The van der Waals surface area contributed by atoms with Crippen LogP contribution in [0, 0.1) is 0 Å². The van der Waals surface area contributed by atoms with Crippen molar-refractivity contribution < 1.29 is 14.6 Å². The average molecular weight is 170 g/mol. The number of ether oxygens (including phenoxy) is 1. The van der Waals surface area contributed by atoms with Gasteiger partial charge in [0.1, 0.15) is 0 Å². The third-order valence-corrected chi connectivity index (χ3v) is 2.11. The monoisotopic (exact) mass is 170 g/mol. The Balaban J connectivity index is 2.14. The van der Waals surface area contributed by atoms with Crippen molar-refractivity contribution in [1.82, 2.24) is 0 Å². The Morgan fingerprint density at radius 2 is 2.33 bits per heavy atom. The second kappa shape index (κ2) is 4.26. The van der Waals surface area contributed by atoms with Gasteiger partial charge in [0.25, 0.3) is 0 Å². The highest BCUT2D eigenvalue weighted by Gasteiger charge is 2.16. The molecule has 68 valence electrons. The standard InChI is InChI=1S/C9H14O3/c1-7(9(10)11)5-6-12-8-3-2-4-8/h5,8H,2-4,6H2,1H3,(H,10,11). The molecule has 0 aromatic rings. The van der Waals surface area contributed by atoms with Crippen LogP contribution < -0.4 is 0 Å². The van der Waals surface area contributed by atoms with E-state index in [2.05, 4.69) is 0 Å². The van der Waals surface area contributed by atoms with Gasteiger partial charge in [-0.05, 0) is 32.3 Å². The Bertz CT molecular complexity index is 192. The molecule has 3 heteroatoms. The highest BCUT2D eigenvalue weighted by Crippen LogP contribution is 2.21. The summed E-state index contributed by atoms with van der Waals surface area (Å²) in [6.07, 6.45) is 5.48. The van der Waals surface area contributed by atoms with Crippen molar-refractivity contribution in [2.24, 2.45) is 0 Å². The second-order valence-electron chi connectivity index (χ2n) is 3.08. The molecule has 0 aliphatic heterocycles. The Labute approximate surface area is 72.0 Å². The summed E-state index contributed by atoms with van der Waals surface area (Å²) in [5.41, 5.74) is 0.356. The number of carboxylic acids is 1. The molecule has 0 spiro atoms. The van der Waals surface area contributed by atoms with Gasteiger partial charge < -0.3 is 9.84 Å². The summed E-state index contributed by atoms with van der Waals surface area (Å²) in [6.45, 7) is 2.01. The Kier molecular flexibility index (Phi) is 3.29. The van der Waals surface area contributed by atoms with E-state index in [1.807, 2.05) is 0 Å². The van der Waals surface area contributed by atoms with Crippen molar-refractivity contribution in [1.29, 1.82) is 0 Å². The molecule has 0 radical (unpaired) electrons. The van der Waals surface area contributed by atoms with E-state index < -0.39 is 5.97 Å². The summed E-state index contributed by atoms with van der Waals surface area (Å²) < 4.78 is 5.36.